The van der Waals surface area contributed by atoms with Crippen LogP contribution in [-0.2, 0) is 6.54 Å². The maximum absolute atomic E-state index is 12.7. The Labute approximate surface area is 109 Å². The molecule has 0 spiro atoms. The number of rotatable bonds is 4. The molecule has 0 radical (unpaired) electrons. The summed E-state index contributed by atoms with van der Waals surface area (Å²) in [7, 11) is 1.36. The van der Waals surface area contributed by atoms with Crippen molar-refractivity contribution >= 4 is 17.3 Å². The number of benzene rings is 1. The molecule has 5 nitrogen and oxygen atoms in total. The number of nitrogens with zero attached hydrogens (tertiary/aromatic N) is 2. The lowest BCUT2D eigenvalue weighted by Gasteiger charge is -2.06. The molecule has 2 rings (SSSR count). The number of pyridine rings is 1. The van der Waals surface area contributed by atoms with Gasteiger partial charge in [-0.15, -0.1) is 0 Å². The molecular formula is C13H14FN4O+. The summed E-state index contributed by atoms with van der Waals surface area (Å²) in [6, 6.07) is 9.44. The molecule has 0 saturated carbocycles. The zero-order chi connectivity index (χ0) is 13.8. The highest BCUT2D eigenvalue weighted by molar-refractivity contribution is 5.57. The van der Waals surface area contributed by atoms with E-state index in [0.29, 0.717) is 22.8 Å². The first-order valence-corrected chi connectivity index (χ1v) is 5.72. The molecule has 0 amide bonds. The van der Waals surface area contributed by atoms with Crippen LogP contribution in [0.15, 0.2) is 36.4 Å². The molecule has 1 aromatic carbocycles. The molecule has 1 aromatic heterocycles. The number of halogens is 1. The predicted octanol–water partition coefficient (Wildman–Crippen LogP) is 2.46. The first-order chi connectivity index (χ1) is 9.06. The fraction of sp³-hybridized carbons (Fsp3) is 0.154. The summed E-state index contributed by atoms with van der Waals surface area (Å²) in [5.74, 6) is 0.461. The van der Waals surface area contributed by atoms with Gasteiger partial charge in [-0.2, -0.15) is 0 Å². The average Bonchev–Trinajstić information content (AvgIpc) is 2.37. The summed E-state index contributed by atoms with van der Waals surface area (Å²) in [6.45, 7) is 0.499. The smallest absolute Gasteiger partial charge is 0.297 e. The molecule has 0 unspecified atom stereocenters. The van der Waals surface area contributed by atoms with Crippen LogP contribution in [0.2, 0.25) is 0 Å². The highest BCUT2D eigenvalue weighted by atomic mass is 19.1. The molecule has 1 heterocycles. The Morgan fingerprint density at radius 1 is 1.26 bits per heavy atom. The second kappa shape index (κ2) is 5.43. The van der Waals surface area contributed by atoms with Crippen molar-refractivity contribution in [1.29, 1.82) is 0 Å². The van der Waals surface area contributed by atoms with E-state index in [1.54, 1.807) is 24.3 Å². The van der Waals surface area contributed by atoms with Crippen molar-refractivity contribution in [2.75, 3.05) is 18.1 Å². The third kappa shape index (κ3) is 3.25. The van der Waals surface area contributed by atoms with Gasteiger partial charge in [-0.1, -0.05) is 12.1 Å². The SMILES string of the molecule is C[N+](=O)c1ccc(NCc2ccc(F)cc2)nc1N. The minimum Gasteiger partial charge on any atom is -0.378 e. The van der Waals surface area contributed by atoms with Gasteiger partial charge in [0.15, 0.2) is 7.05 Å². The van der Waals surface area contributed by atoms with Crippen LogP contribution >= 0.6 is 0 Å². The molecule has 19 heavy (non-hydrogen) atoms. The molecule has 0 bridgehead atoms. The van der Waals surface area contributed by atoms with Gasteiger partial charge in [-0.25, -0.2) is 9.37 Å². The summed E-state index contributed by atoms with van der Waals surface area (Å²) in [5.41, 5.74) is 6.92. The Morgan fingerprint density at radius 2 is 1.95 bits per heavy atom. The number of nitrogens with one attached hydrogen (secondary N) is 1. The van der Waals surface area contributed by atoms with Gasteiger partial charge in [-0.3, -0.25) is 0 Å². The number of aromatic nitrogens is 1. The van der Waals surface area contributed by atoms with Gasteiger partial charge in [0.05, 0.1) is 0 Å². The van der Waals surface area contributed by atoms with E-state index >= 15 is 0 Å². The van der Waals surface area contributed by atoms with Gasteiger partial charge in [0.25, 0.3) is 5.69 Å². The molecule has 0 fully saturated rings. The first kappa shape index (κ1) is 12.9. The Hall–Kier alpha value is -2.50. The van der Waals surface area contributed by atoms with Crippen LogP contribution in [-0.4, -0.2) is 16.8 Å². The summed E-state index contributed by atoms with van der Waals surface area (Å²) in [4.78, 5) is 15.2. The molecule has 98 valence electrons. The largest absolute Gasteiger partial charge is 0.378 e. The van der Waals surface area contributed by atoms with Crippen LogP contribution in [0.3, 0.4) is 0 Å². The molecule has 0 aliphatic carbocycles. The molecule has 6 heteroatoms. The molecule has 2 aromatic rings. The van der Waals surface area contributed by atoms with Crippen molar-refractivity contribution < 1.29 is 9.15 Å². The monoisotopic (exact) mass is 261 g/mol. The molecule has 0 saturated heterocycles. The van der Waals surface area contributed by atoms with E-state index in [1.807, 2.05) is 0 Å². The number of anilines is 2. The second-order valence-electron chi connectivity index (χ2n) is 4.08. The molecular weight excluding hydrogens is 247 g/mol. The number of nitrogen functional groups attached to an aromatic ring is 1. The van der Waals surface area contributed by atoms with E-state index in [-0.39, 0.29) is 11.6 Å². The van der Waals surface area contributed by atoms with Gasteiger partial charge < -0.3 is 11.1 Å². The maximum Gasteiger partial charge on any atom is 0.297 e. The summed E-state index contributed by atoms with van der Waals surface area (Å²) in [5, 5.41) is 3.05. The number of nitroso groups, excluding NO2 is 1. The standard InChI is InChI=1S/C13H14FN4O/c1-18(19)11-6-7-12(17-13(11)15)16-8-9-2-4-10(14)5-3-9/h2-7H,8H2,1H3,(H3,15,16,17)/q+1. The Balaban J connectivity index is 2.06. The van der Waals surface area contributed by atoms with Crippen molar-refractivity contribution in [3.63, 3.8) is 0 Å². The van der Waals surface area contributed by atoms with Crippen molar-refractivity contribution in [2.45, 2.75) is 6.54 Å². The van der Waals surface area contributed by atoms with Crippen LogP contribution in [0.5, 0.6) is 0 Å². The molecule has 3 N–H and O–H groups in total. The predicted molar refractivity (Wildman–Crippen MR) is 71.6 cm³/mol. The molecule has 0 aliphatic heterocycles. The third-order valence-electron chi connectivity index (χ3n) is 2.63. The Kier molecular flexibility index (Phi) is 3.70. The average molecular weight is 261 g/mol. The van der Waals surface area contributed by atoms with Gasteiger partial charge in [-0.05, 0) is 23.8 Å². The van der Waals surface area contributed by atoms with Gasteiger partial charge in [0.1, 0.15) is 11.6 Å². The zero-order valence-corrected chi connectivity index (χ0v) is 10.4. The van der Waals surface area contributed by atoms with Crippen LogP contribution < -0.4 is 11.1 Å². The minimum absolute atomic E-state index is 0.168. The Morgan fingerprint density at radius 3 is 2.53 bits per heavy atom. The summed E-state index contributed by atoms with van der Waals surface area (Å²) in [6.07, 6.45) is 0. The summed E-state index contributed by atoms with van der Waals surface area (Å²) >= 11 is 0. The van der Waals surface area contributed by atoms with Gasteiger partial charge >= 0.3 is 0 Å². The lowest BCUT2D eigenvalue weighted by molar-refractivity contribution is -0.427. The lowest BCUT2D eigenvalue weighted by atomic mass is 10.2. The van der Waals surface area contributed by atoms with E-state index in [4.69, 9.17) is 5.73 Å². The number of hydrogen-bond acceptors (Lipinski definition) is 4. The van der Waals surface area contributed by atoms with Crippen LogP contribution in [0, 0.1) is 10.7 Å². The van der Waals surface area contributed by atoms with E-state index in [2.05, 4.69) is 10.3 Å². The van der Waals surface area contributed by atoms with Gasteiger partial charge in [0, 0.05) is 22.3 Å². The summed E-state index contributed by atoms with van der Waals surface area (Å²) < 4.78 is 13.4. The van der Waals surface area contributed by atoms with Crippen LogP contribution in [0.4, 0.5) is 21.7 Å². The zero-order valence-electron chi connectivity index (χ0n) is 10.4. The quantitative estimate of drug-likeness (QED) is 0.829. The van der Waals surface area contributed by atoms with Crippen molar-refractivity contribution in [3.8, 4) is 0 Å². The van der Waals surface area contributed by atoms with E-state index < -0.39 is 0 Å². The fourth-order valence-electron chi connectivity index (χ4n) is 1.63. The van der Waals surface area contributed by atoms with E-state index in [1.165, 1.54) is 19.2 Å². The molecule has 0 aliphatic rings. The van der Waals surface area contributed by atoms with Gasteiger partial charge in [0.2, 0.25) is 5.82 Å². The van der Waals surface area contributed by atoms with Crippen molar-refractivity contribution in [3.05, 3.63) is 52.7 Å². The van der Waals surface area contributed by atoms with Crippen molar-refractivity contribution in [1.82, 2.24) is 4.98 Å². The fourth-order valence-corrected chi connectivity index (χ4v) is 1.63. The van der Waals surface area contributed by atoms with Crippen molar-refractivity contribution in [2.24, 2.45) is 0 Å². The maximum atomic E-state index is 12.7. The highest BCUT2D eigenvalue weighted by Gasteiger charge is 2.13. The van der Waals surface area contributed by atoms with E-state index in [9.17, 15) is 9.30 Å². The van der Waals surface area contributed by atoms with E-state index in [0.717, 1.165) is 5.56 Å². The minimum atomic E-state index is -0.269. The first-order valence-electron chi connectivity index (χ1n) is 5.72. The molecule has 0 atom stereocenters. The second-order valence-corrected chi connectivity index (χ2v) is 4.08. The van der Waals surface area contributed by atoms with Crippen LogP contribution in [0.25, 0.3) is 0 Å². The number of hydrogen-bond donors (Lipinski definition) is 2. The lowest BCUT2D eigenvalue weighted by Crippen LogP contribution is -2.05. The normalized spacial score (nSPS) is 10.2. The Bertz CT molecular complexity index is 598. The topological polar surface area (TPSA) is 71.0 Å². The van der Waals surface area contributed by atoms with Crippen LogP contribution in [0.1, 0.15) is 5.56 Å². The third-order valence-corrected chi connectivity index (χ3v) is 2.63. The number of nitrogens with two attached hydrogens (primary N) is 1. The highest BCUT2D eigenvalue weighted by Crippen LogP contribution is 2.20.